The third-order valence-electron chi connectivity index (χ3n) is 4.52. The van der Waals surface area contributed by atoms with Crippen LogP contribution in [0.5, 0.6) is 5.75 Å². The number of amides is 1. The molecule has 0 aliphatic heterocycles. The number of hydrogen-bond acceptors (Lipinski definition) is 3. The van der Waals surface area contributed by atoms with E-state index < -0.39 is 0 Å². The fourth-order valence-corrected chi connectivity index (χ4v) is 2.95. The molecule has 2 rings (SSSR count). The zero-order valence-corrected chi connectivity index (χ0v) is 20.4. The Hall–Kier alpha value is -2.29. The molecular weight excluding hydrogens is 491 g/mol. The smallest absolute Gasteiger partial charge is 0.251 e. The van der Waals surface area contributed by atoms with Crippen molar-refractivity contribution in [3.63, 3.8) is 0 Å². The lowest BCUT2D eigenvalue weighted by molar-refractivity contribution is 0.0963. The number of aryl methyl sites for hydroxylation is 1. The number of hydrogen-bond donors (Lipinski definition) is 3. The average molecular weight is 524 g/mol. The molecule has 0 spiro atoms. The number of carbonyl (C=O) groups is 1. The van der Waals surface area contributed by atoms with E-state index in [-0.39, 0.29) is 29.9 Å². The molecule has 6 nitrogen and oxygen atoms in total. The zero-order valence-electron chi connectivity index (χ0n) is 18.0. The molecule has 0 saturated carbocycles. The van der Waals surface area contributed by atoms with Gasteiger partial charge in [-0.15, -0.1) is 24.0 Å². The molecule has 0 heterocycles. The highest BCUT2D eigenvalue weighted by Crippen LogP contribution is 2.12. The van der Waals surface area contributed by atoms with Crippen molar-refractivity contribution in [2.75, 3.05) is 33.8 Å². The largest absolute Gasteiger partial charge is 0.497 e. The van der Waals surface area contributed by atoms with Gasteiger partial charge >= 0.3 is 0 Å². The van der Waals surface area contributed by atoms with Gasteiger partial charge in [-0.2, -0.15) is 0 Å². The molecule has 2 aromatic rings. The Bertz CT molecular complexity index is 794. The highest BCUT2D eigenvalue weighted by molar-refractivity contribution is 14.0. The van der Waals surface area contributed by atoms with E-state index in [9.17, 15) is 4.79 Å². The summed E-state index contributed by atoms with van der Waals surface area (Å²) >= 11 is 0. The van der Waals surface area contributed by atoms with E-state index in [0.29, 0.717) is 5.56 Å². The van der Waals surface area contributed by atoms with E-state index in [4.69, 9.17) is 4.74 Å². The van der Waals surface area contributed by atoms with Crippen molar-refractivity contribution in [1.29, 1.82) is 0 Å². The number of methoxy groups -OCH3 is 1. The van der Waals surface area contributed by atoms with E-state index in [2.05, 4.69) is 40.0 Å². The van der Waals surface area contributed by atoms with Crippen LogP contribution < -0.4 is 20.7 Å². The molecule has 3 N–H and O–H groups in total. The molecule has 0 fully saturated rings. The van der Waals surface area contributed by atoms with Crippen LogP contribution in [0, 0.1) is 0 Å². The quantitative estimate of drug-likeness (QED) is 0.193. The molecule has 0 atom stereocenters. The monoisotopic (exact) mass is 524 g/mol. The normalized spacial score (nSPS) is 10.7. The fourth-order valence-electron chi connectivity index (χ4n) is 2.95. The minimum atomic E-state index is -0.0634. The maximum Gasteiger partial charge on any atom is 0.251 e. The third-order valence-corrected chi connectivity index (χ3v) is 4.52. The Morgan fingerprint density at radius 1 is 1.03 bits per heavy atom. The molecule has 0 radical (unpaired) electrons. The van der Waals surface area contributed by atoms with Gasteiger partial charge < -0.3 is 20.7 Å². The maximum atomic E-state index is 11.8. The van der Waals surface area contributed by atoms with Crippen LogP contribution in [-0.4, -0.2) is 45.7 Å². The van der Waals surface area contributed by atoms with Crippen molar-refractivity contribution in [1.82, 2.24) is 16.0 Å². The number of nitrogens with zero attached hydrogens (tertiary/aromatic N) is 1. The third kappa shape index (κ3) is 9.02. The zero-order chi connectivity index (χ0) is 20.9. The summed E-state index contributed by atoms with van der Waals surface area (Å²) < 4.78 is 5.19. The van der Waals surface area contributed by atoms with E-state index in [1.165, 1.54) is 5.56 Å². The standard InChI is InChI=1S/C23H32N4O2.HI/c1-4-25-23(26-15-6-8-18-10-12-21(29-3)13-11-18)27-16-14-19-7-5-9-20(17-19)22(28)24-2;/h5,7,9-13,17H,4,6,8,14-16H2,1-3H3,(H,24,28)(H2,25,26,27);1H. The number of nitrogens with one attached hydrogen (secondary N) is 3. The predicted molar refractivity (Wildman–Crippen MR) is 134 cm³/mol. The van der Waals surface area contributed by atoms with Gasteiger partial charge in [0.1, 0.15) is 5.75 Å². The van der Waals surface area contributed by atoms with Crippen molar-refractivity contribution in [3.8, 4) is 5.75 Å². The molecule has 0 aliphatic carbocycles. The molecule has 0 aromatic heterocycles. The number of carbonyl (C=O) groups excluding carboxylic acids is 1. The van der Waals surface area contributed by atoms with Gasteiger partial charge in [-0.1, -0.05) is 24.3 Å². The average Bonchev–Trinajstić information content (AvgIpc) is 2.76. The molecule has 0 saturated heterocycles. The Labute approximate surface area is 196 Å². The van der Waals surface area contributed by atoms with Crippen molar-refractivity contribution in [2.24, 2.45) is 4.99 Å². The predicted octanol–water partition coefficient (Wildman–Crippen LogP) is 3.40. The van der Waals surface area contributed by atoms with Crippen LogP contribution in [0.2, 0.25) is 0 Å². The first-order chi connectivity index (χ1) is 14.2. The number of guanidine groups is 1. The molecule has 0 unspecified atom stereocenters. The second-order valence-corrected chi connectivity index (χ2v) is 6.67. The number of benzene rings is 2. The summed E-state index contributed by atoms with van der Waals surface area (Å²) in [5, 5.41) is 9.30. The van der Waals surface area contributed by atoms with E-state index >= 15 is 0 Å². The molecule has 7 heteroatoms. The lowest BCUT2D eigenvalue weighted by Crippen LogP contribution is -2.38. The van der Waals surface area contributed by atoms with Gasteiger partial charge in [-0.25, -0.2) is 0 Å². The molecule has 0 aliphatic rings. The summed E-state index contributed by atoms with van der Waals surface area (Å²) in [5.41, 5.74) is 3.09. The van der Waals surface area contributed by atoms with Crippen LogP contribution >= 0.6 is 24.0 Å². The SMILES string of the molecule is CCNC(=NCCCc1ccc(OC)cc1)NCCc1cccc(C(=O)NC)c1.I. The molecular formula is C23H33IN4O2. The van der Waals surface area contributed by atoms with Crippen molar-refractivity contribution in [2.45, 2.75) is 26.2 Å². The molecule has 2 aromatic carbocycles. The van der Waals surface area contributed by atoms with Gasteiger partial charge in [0.25, 0.3) is 5.91 Å². The number of aliphatic imine (C=N–C) groups is 1. The van der Waals surface area contributed by atoms with E-state index in [1.807, 2.05) is 36.4 Å². The van der Waals surface area contributed by atoms with Crippen LogP contribution in [-0.2, 0) is 12.8 Å². The summed E-state index contributed by atoms with van der Waals surface area (Å²) in [7, 11) is 3.32. The summed E-state index contributed by atoms with van der Waals surface area (Å²) in [6.07, 6.45) is 2.79. The van der Waals surface area contributed by atoms with Crippen LogP contribution in [0.1, 0.15) is 34.8 Å². The van der Waals surface area contributed by atoms with Gasteiger partial charge in [0.2, 0.25) is 0 Å². The highest BCUT2D eigenvalue weighted by atomic mass is 127. The van der Waals surface area contributed by atoms with Gasteiger partial charge in [0.15, 0.2) is 5.96 Å². The number of halogens is 1. The van der Waals surface area contributed by atoms with Crippen LogP contribution in [0.15, 0.2) is 53.5 Å². The summed E-state index contributed by atoms with van der Waals surface area (Å²) in [6, 6.07) is 15.9. The molecule has 30 heavy (non-hydrogen) atoms. The Kier molecular flexibility index (Phi) is 12.6. The van der Waals surface area contributed by atoms with Gasteiger partial charge in [-0.3, -0.25) is 9.79 Å². The first-order valence-corrected chi connectivity index (χ1v) is 10.1. The Morgan fingerprint density at radius 3 is 2.47 bits per heavy atom. The topological polar surface area (TPSA) is 74.8 Å². The highest BCUT2D eigenvalue weighted by Gasteiger charge is 2.04. The van der Waals surface area contributed by atoms with Gasteiger partial charge in [0.05, 0.1) is 7.11 Å². The second-order valence-electron chi connectivity index (χ2n) is 6.67. The van der Waals surface area contributed by atoms with Crippen molar-refractivity contribution in [3.05, 3.63) is 65.2 Å². The first kappa shape index (κ1) is 25.7. The summed E-state index contributed by atoms with van der Waals surface area (Å²) in [4.78, 5) is 16.4. The van der Waals surface area contributed by atoms with Crippen LogP contribution in [0.4, 0.5) is 0 Å². The van der Waals surface area contributed by atoms with Crippen LogP contribution in [0.25, 0.3) is 0 Å². The number of ether oxygens (including phenoxy) is 1. The molecule has 1 amide bonds. The molecule has 0 bridgehead atoms. The Morgan fingerprint density at radius 2 is 1.80 bits per heavy atom. The lowest BCUT2D eigenvalue weighted by atomic mass is 10.1. The molecule has 164 valence electrons. The lowest BCUT2D eigenvalue weighted by Gasteiger charge is -2.12. The Balaban J connectivity index is 0.00000450. The maximum absolute atomic E-state index is 11.8. The van der Waals surface area contributed by atoms with Gasteiger partial charge in [-0.05, 0) is 61.6 Å². The minimum Gasteiger partial charge on any atom is -0.497 e. The van der Waals surface area contributed by atoms with Crippen molar-refractivity contribution >= 4 is 35.8 Å². The fraction of sp³-hybridized carbons (Fsp3) is 0.391. The summed E-state index contributed by atoms with van der Waals surface area (Å²) in [5.74, 6) is 1.64. The van der Waals surface area contributed by atoms with Crippen molar-refractivity contribution < 1.29 is 9.53 Å². The second kappa shape index (κ2) is 14.7. The first-order valence-electron chi connectivity index (χ1n) is 10.1. The van der Waals surface area contributed by atoms with E-state index in [0.717, 1.165) is 56.2 Å². The van der Waals surface area contributed by atoms with Crippen LogP contribution in [0.3, 0.4) is 0 Å². The summed E-state index contributed by atoms with van der Waals surface area (Å²) in [6.45, 7) is 4.38. The van der Waals surface area contributed by atoms with Gasteiger partial charge in [0, 0.05) is 32.2 Å². The number of rotatable bonds is 10. The minimum absolute atomic E-state index is 0. The van der Waals surface area contributed by atoms with E-state index in [1.54, 1.807) is 14.2 Å².